The summed E-state index contributed by atoms with van der Waals surface area (Å²) in [6.07, 6.45) is 1.62. The van der Waals surface area contributed by atoms with Gasteiger partial charge in [0, 0.05) is 16.8 Å². The maximum Gasteiger partial charge on any atom is 0.123 e. The number of benzene rings is 1. The fourth-order valence-electron chi connectivity index (χ4n) is 2.94. The Hall–Kier alpha value is -2.27. The predicted molar refractivity (Wildman–Crippen MR) is 98.3 cm³/mol. The summed E-state index contributed by atoms with van der Waals surface area (Å²) in [5.41, 5.74) is 4.89. The van der Waals surface area contributed by atoms with E-state index in [-0.39, 0.29) is 24.3 Å². The van der Waals surface area contributed by atoms with Gasteiger partial charge in [0.1, 0.15) is 12.9 Å². The first-order chi connectivity index (χ1) is 11.9. The molecular formula is C20H25FN2O2. The Labute approximate surface area is 148 Å². The molecule has 2 rings (SSSR count). The number of aliphatic hydroxyl groups excluding tert-OH is 1. The van der Waals surface area contributed by atoms with Gasteiger partial charge in [-0.1, -0.05) is 45.0 Å². The van der Waals surface area contributed by atoms with Crippen LogP contribution < -0.4 is 0 Å². The van der Waals surface area contributed by atoms with Gasteiger partial charge < -0.3 is 9.94 Å². The summed E-state index contributed by atoms with van der Waals surface area (Å²) >= 11 is 0. The van der Waals surface area contributed by atoms with Crippen molar-refractivity contribution in [3.8, 4) is 11.1 Å². The second-order valence-corrected chi connectivity index (χ2v) is 6.54. The van der Waals surface area contributed by atoms with Gasteiger partial charge in [0.05, 0.1) is 18.5 Å². The van der Waals surface area contributed by atoms with Gasteiger partial charge in [-0.3, -0.25) is 4.98 Å². The van der Waals surface area contributed by atoms with Crippen LogP contribution in [0.5, 0.6) is 0 Å². The average molecular weight is 344 g/mol. The monoisotopic (exact) mass is 344 g/mol. The molecule has 0 amide bonds. The number of hydrogen-bond acceptors (Lipinski definition) is 4. The fourth-order valence-corrected chi connectivity index (χ4v) is 2.94. The lowest BCUT2D eigenvalue weighted by molar-refractivity contribution is 0.215. The molecular weight excluding hydrogens is 319 g/mol. The molecule has 1 aromatic carbocycles. The summed E-state index contributed by atoms with van der Waals surface area (Å²) in [5.74, 6) is -0.00126. The highest BCUT2D eigenvalue weighted by Crippen LogP contribution is 2.35. The Balaban J connectivity index is 2.91. The predicted octanol–water partition coefficient (Wildman–Crippen LogP) is 4.61. The van der Waals surface area contributed by atoms with Gasteiger partial charge in [0.15, 0.2) is 0 Å². The van der Waals surface area contributed by atoms with Crippen LogP contribution in [0, 0.1) is 5.82 Å². The Morgan fingerprint density at radius 1 is 1.12 bits per heavy atom. The van der Waals surface area contributed by atoms with E-state index in [0.29, 0.717) is 0 Å². The summed E-state index contributed by atoms with van der Waals surface area (Å²) in [5, 5.41) is 14.0. The van der Waals surface area contributed by atoms with Gasteiger partial charge in [-0.25, -0.2) is 4.39 Å². The SMILES string of the molecule is CON=Cc1c(C(C)C)nc(C(C)C)c(CO)c1-c1ccc(F)cc1. The third kappa shape index (κ3) is 4.04. The summed E-state index contributed by atoms with van der Waals surface area (Å²) in [6.45, 7) is 8.05. The van der Waals surface area contributed by atoms with Crippen molar-refractivity contribution < 1.29 is 14.3 Å². The number of aromatic nitrogens is 1. The lowest BCUT2D eigenvalue weighted by Gasteiger charge is -2.22. The van der Waals surface area contributed by atoms with Crippen molar-refractivity contribution in [2.24, 2.45) is 5.16 Å². The molecule has 0 saturated heterocycles. The number of pyridine rings is 1. The second kappa shape index (κ2) is 8.21. The molecule has 4 nitrogen and oxygen atoms in total. The molecule has 0 aliphatic heterocycles. The van der Waals surface area contributed by atoms with Crippen LogP contribution in [0.4, 0.5) is 4.39 Å². The Morgan fingerprint density at radius 3 is 2.20 bits per heavy atom. The van der Waals surface area contributed by atoms with Crippen molar-refractivity contribution in [1.82, 2.24) is 4.98 Å². The van der Waals surface area contributed by atoms with Crippen LogP contribution in [-0.2, 0) is 11.4 Å². The van der Waals surface area contributed by atoms with E-state index in [1.807, 2.05) is 13.8 Å². The summed E-state index contributed by atoms with van der Waals surface area (Å²) in [4.78, 5) is 9.68. The van der Waals surface area contributed by atoms with E-state index in [1.165, 1.54) is 19.2 Å². The molecule has 0 fully saturated rings. The van der Waals surface area contributed by atoms with Crippen molar-refractivity contribution in [3.63, 3.8) is 0 Å². The van der Waals surface area contributed by atoms with E-state index in [1.54, 1.807) is 18.3 Å². The minimum absolute atomic E-state index is 0.146. The third-order valence-electron chi connectivity index (χ3n) is 4.07. The molecule has 1 N–H and O–H groups in total. The minimum Gasteiger partial charge on any atom is -0.399 e. The highest BCUT2D eigenvalue weighted by molar-refractivity contribution is 5.93. The number of hydrogen-bond donors (Lipinski definition) is 1. The Morgan fingerprint density at radius 2 is 1.72 bits per heavy atom. The van der Waals surface area contributed by atoms with Gasteiger partial charge in [0.2, 0.25) is 0 Å². The summed E-state index contributed by atoms with van der Waals surface area (Å²) in [6, 6.07) is 6.25. The van der Waals surface area contributed by atoms with Crippen molar-refractivity contribution in [2.45, 2.75) is 46.1 Å². The maximum atomic E-state index is 13.4. The first-order valence-electron chi connectivity index (χ1n) is 8.40. The molecule has 0 bridgehead atoms. The van der Waals surface area contributed by atoms with E-state index in [2.05, 4.69) is 19.0 Å². The molecule has 0 aliphatic carbocycles. The Kier molecular flexibility index (Phi) is 6.26. The largest absolute Gasteiger partial charge is 0.399 e. The molecule has 1 aromatic heterocycles. The topological polar surface area (TPSA) is 54.7 Å². The smallest absolute Gasteiger partial charge is 0.123 e. The number of aliphatic hydroxyl groups is 1. The summed E-state index contributed by atoms with van der Waals surface area (Å²) < 4.78 is 13.4. The lowest BCUT2D eigenvalue weighted by atomic mass is 9.88. The first kappa shape index (κ1) is 19.1. The first-order valence-corrected chi connectivity index (χ1v) is 8.40. The van der Waals surface area contributed by atoms with E-state index in [9.17, 15) is 9.50 Å². The molecule has 1 heterocycles. The fraction of sp³-hybridized carbons (Fsp3) is 0.400. The van der Waals surface area contributed by atoms with E-state index in [4.69, 9.17) is 9.82 Å². The van der Waals surface area contributed by atoms with Crippen LogP contribution in [-0.4, -0.2) is 23.4 Å². The van der Waals surface area contributed by atoms with Crippen LogP contribution in [0.15, 0.2) is 29.4 Å². The average Bonchev–Trinajstić information content (AvgIpc) is 2.58. The van der Waals surface area contributed by atoms with Crippen LogP contribution in [0.2, 0.25) is 0 Å². The zero-order chi connectivity index (χ0) is 18.6. The summed E-state index contributed by atoms with van der Waals surface area (Å²) in [7, 11) is 1.48. The zero-order valence-corrected chi connectivity index (χ0v) is 15.4. The Bertz CT molecular complexity index is 753. The second-order valence-electron chi connectivity index (χ2n) is 6.54. The number of halogens is 1. The van der Waals surface area contributed by atoms with Crippen molar-refractivity contribution in [3.05, 3.63) is 52.6 Å². The zero-order valence-electron chi connectivity index (χ0n) is 15.4. The molecule has 0 atom stereocenters. The van der Waals surface area contributed by atoms with Gasteiger partial charge in [-0.15, -0.1) is 0 Å². The molecule has 0 saturated carbocycles. The molecule has 2 aromatic rings. The van der Waals surface area contributed by atoms with E-state index in [0.717, 1.165) is 33.6 Å². The number of rotatable bonds is 6. The van der Waals surface area contributed by atoms with Gasteiger partial charge in [-0.05, 0) is 35.1 Å². The maximum absolute atomic E-state index is 13.4. The van der Waals surface area contributed by atoms with Crippen LogP contribution in [0.25, 0.3) is 11.1 Å². The number of nitrogens with zero attached hydrogens (tertiary/aromatic N) is 2. The molecule has 0 unspecified atom stereocenters. The van der Waals surface area contributed by atoms with Gasteiger partial charge in [0.25, 0.3) is 0 Å². The molecule has 25 heavy (non-hydrogen) atoms. The van der Waals surface area contributed by atoms with E-state index >= 15 is 0 Å². The number of oxime groups is 1. The van der Waals surface area contributed by atoms with E-state index < -0.39 is 0 Å². The van der Waals surface area contributed by atoms with Gasteiger partial charge in [-0.2, -0.15) is 0 Å². The molecule has 0 radical (unpaired) electrons. The van der Waals surface area contributed by atoms with Crippen molar-refractivity contribution >= 4 is 6.21 Å². The van der Waals surface area contributed by atoms with Crippen LogP contribution >= 0.6 is 0 Å². The normalized spacial score (nSPS) is 11.7. The van der Waals surface area contributed by atoms with Crippen LogP contribution in [0.1, 0.15) is 62.0 Å². The quantitative estimate of drug-likeness (QED) is 0.615. The molecule has 0 spiro atoms. The van der Waals surface area contributed by atoms with Crippen molar-refractivity contribution in [2.75, 3.05) is 7.11 Å². The highest BCUT2D eigenvalue weighted by atomic mass is 19.1. The molecule has 0 aliphatic rings. The highest BCUT2D eigenvalue weighted by Gasteiger charge is 2.22. The molecule has 134 valence electrons. The third-order valence-corrected chi connectivity index (χ3v) is 4.07. The lowest BCUT2D eigenvalue weighted by Crippen LogP contribution is -2.12. The molecule has 5 heteroatoms. The van der Waals surface area contributed by atoms with Gasteiger partial charge >= 0.3 is 0 Å². The standard InChI is InChI=1S/C20H25FN2O2/c1-12(2)19-16(10-22-25-5)18(14-6-8-15(21)9-7-14)17(11-24)20(23-19)13(3)4/h6-10,12-13,24H,11H2,1-5H3. The minimum atomic E-state index is -0.302. The van der Waals surface area contributed by atoms with Crippen LogP contribution in [0.3, 0.4) is 0 Å². The van der Waals surface area contributed by atoms with Crippen molar-refractivity contribution in [1.29, 1.82) is 0 Å².